The third kappa shape index (κ3) is 1.31. The minimum atomic E-state index is 0.148. The second kappa shape index (κ2) is 2.70. The van der Waals surface area contributed by atoms with E-state index in [0.29, 0.717) is 0 Å². The number of rotatable bonds is 1. The summed E-state index contributed by atoms with van der Waals surface area (Å²) in [5, 5.41) is 0. The van der Waals surface area contributed by atoms with E-state index in [1.807, 2.05) is 6.92 Å². The van der Waals surface area contributed by atoms with Crippen LogP contribution in [-0.4, -0.2) is 4.57 Å². The summed E-state index contributed by atoms with van der Waals surface area (Å²) in [7, 11) is 2.07. The summed E-state index contributed by atoms with van der Waals surface area (Å²) < 4.78 is 2.17. The molecule has 0 radical (unpaired) electrons. The highest BCUT2D eigenvalue weighted by Crippen LogP contribution is 2.18. The monoisotopic (exact) mass is 152 g/mol. The molecule has 0 aromatic carbocycles. The van der Waals surface area contributed by atoms with Crippen LogP contribution in [0.5, 0.6) is 0 Å². The Morgan fingerprint density at radius 3 is 2.18 bits per heavy atom. The maximum atomic E-state index is 5.78. The van der Waals surface area contributed by atoms with Crippen molar-refractivity contribution in [2.24, 2.45) is 12.8 Å². The van der Waals surface area contributed by atoms with Gasteiger partial charge in [-0.15, -0.1) is 0 Å². The zero-order valence-corrected chi connectivity index (χ0v) is 7.68. The van der Waals surface area contributed by atoms with Gasteiger partial charge in [0.05, 0.1) is 0 Å². The molecule has 62 valence electrons. The van der Waals surface area contributed by atoms with E-state index < -0.39 is 0 Å². The van der Waals surface area contributed by atoms with Gasteiger partial charge in [-0.2, -0.15) is 0 Å². The summed E-state index contributed by atoms with van der Waals surface area (Å²) in [6.07, 6.45) is 0. The van der Waals surface area contributed by atoms with Crippen molar-refractivity contribution < 1.29 is 0 Å². The van der Waals surface area contributed by atoms with Crippen LogP contribution in [0.15, 0.2) is 6.07 Å². The van der Waals surface area contributed by atoms with E-state index in [2.05, 4.69) is 31.5 Å². The van der Waals surface area contributed by atoms with E-state index in [1.54, 1.807) is 0 Å². The summed E-state index contributed by atoms with van der Waals surface area (Å²) >= 11 is 0. The zero-order valence-electron chi connectivity index (χ0n) is 7.68. The Morgan fingerprint density at radius 2 is 2.00 bits per heavy atom. The standard InChI is InChI=1S/C9H16N2/c1-6-5-9(7(2)10)8(3)11(6)4/h5,7H,10H2,1-4H3. The molecule has 2 nitrogen and oxygen atoms in total. The maximum absolute atomic E-state index is 5.78. The lowest BCUT2D eigenvalue weighted by molar-refractivity contribution is 0.782. The first-order valence-corrected chi connectivity index (χ1v) is 3.92. The first-order valence-electron chi connectivity index (χ1n) is 3.92. The van der Waals surface area contributed by atoms with E-state index in [9.17, 15) is 0 Å². The number of nitrogens with two attached hydrogens (primary N) is 1. The van der Waals surface area contributed by atoms with E-state index in [1.165, 1.54) is 17.0 Å². The van der Waals surface area contributed by atoms with Gasteiger partial charge in [0.25, 0.3) is 0 Å². The van der Waals surface area contributed by atoms with Gasteiger partial charge in [-0.1, -0.05) is 0 Å². The van der Waals surface area contributed by atoms with Gasteiger partial charge in [-0.05, 0) is 32.4 Å². The topological polar surface area (TPSA) is 30.9 Å². The van der Waals surface area contributed by atoms with Crippen LogP contribution in [0.2, 0.25) is 0 Å². The smallest absolute Gasteiger partial charge is 0.0284 e. The Balaban J connectivity index is 3.19. The Morgan fingerprint density at radius 1 is 1.45 bits per heavy atom. The van der Waals surface area contributed by atoms with Crippen LogP contribution in [-0.2, 0) is 7.05 Å². The molecule has 0 saturated carbocycles. The molecule has 0 saturated heterocycles. The molecule has 2 heteroatoms. The van der Waals surface area contributed by atoms with Gasteiger partial charge in [-0.25, -0.2) is 0 Å². The van der Waals surface area contributed by atoms with Crippen LogP contribution in [0.4, 0.5) is 0 Å². The molecule has 0 spiro atoms. The van der Waals surface area contributed by atoms with Gasteiger partial charge in [-0.3, -0.25) is 0 Å². The van der Waals surface area contributed by atoms with E-state index in [4.69, 9.17) is 5.73 Å². The number of nitrogens with zero attached hydrogens (tertiary/aromatic N) is 1. The van der Waals surface area contributed by atoms with Crippen molar-refractivity contribution in [1.82, 2.24) is 4.57 Å². The van der Waals surface area contributed by atoms with Crippen molar-refractivity contribution in [2.75, 3.05) is 0 Å². The lowest BCUT2D eigenvalue weighted by atomic mass is 10.1. The second-order valence-corrected chi connectivity index (χ2v) is 3.17. The van der Waals surface area contributed by atoms with Crippen LogP contribution in [0.1, 0.15) is 29.9 Å². The largest absolute Gasteiger partial charge is 0.352 e. The van der Waals surface area contributed by atoms with Crippen LogP contribution in [0, 0.1) is 13.8 Å². The van der Waals surface area contributed by atoms with Gasteiger partial charge in [0.2, 0.25) is 0 Å². The summed E-state index contributed by atoms with van der Waals surface area (Å²) in [6.45, 7) is 6.21. The quantitative estimate of drug-likeness (QED) is 0.652. The summed E-state index contributed by atoms with van der Waals surface area (Å²) in [6, 6.07) is 2.30. The molecule has 0 aliphatic rings. The molecule has 0 fully saturated rings. The molecule has 0 aliphatic carbocycles. The Bertz CT molecular complexity index is 259. The lowest BCUT2D eigenvalue weighted by Gasteiger charge is -2.04. The predicted octanol–water partition coefficient (Wildman–Crippen LogP) is 1.66. The fraction of sp³-hybridized carbons (Fsp3) is 0.556. The third-order valence-corrected chi connectivity index (χ3v) is 2.30. The Kier molecular flexibility index (Phi) is 2.05. The fourth-order valence-electron chi connectivity index (χ4n) is 1.35. The molecule has 0 bridgehead atoms. The summed E-state index contributed by atoms with van der Waals surface area (Å²) in [4.78, 5) is 0. The highest BCUT2D eigenvalue weighted by molar-refractivity contribution is 5.28. The van der Waals surface area contributed by atoms with Gasteiger partial charge in [0.15, 0.2) is 0 Å². The van der Waals surface area contributed by atoms with Crippen LogP contribution in [0.25, 0.3) is 0 Å². The molecule has 1 aromatic heterocycles. The average molecular weight is 152 g/mol. The van der Waals surface area contributed by atoms with Gasteiger partial charge in [0, 0.05) is 24.5 Å². The van der Waals surface area contributed by atoms with Gasteiger partial charge in [0.1, 0.15) is 0 Å². The molecule has 2 N–H and O–H groups in total. The molecule has 11 heavy (non-hydrogen) atoms. The minimum absolute atomic E-state index is 0.148. The number of aromatic nitrogens is 1. The fourth-order valence-corrected chi connectivity index (χ4v) is 1.35. The van der Waals surface area contributed by atoms with E-state index in [0.717, 1.165) is 0 Å². The maximum Gasteiger partial charge on any atom is 0.0284 e. The molecule has 1 rings (SSSR count). The minimum Gasteiger partial charge on any atom is -0.352 e. The molecule has 1 aromatic rings. The Hall–Kier alpha value is -0.760. The normalized spacial score (nSPS) is 13.5. The third-order valence-electron chi connectivity index (χ3n) is 2.30. The van der Waals surface area contributed by atoms with E-state index in [-0.39, 0.29) is 6.04 Å². The van der Waals surface area contributed by atoms with Crippen LogP contribution < -0.4 is 5.73 Å². The van der Waals surface area contributed by atoms with Gasteiger partial charge < -0.3 is 10.3 Å². The molecule has 0 amide bonds. The molecule has 1 unspecified atom stereocenters. The van der Waals surface area contributed by atoms with Crippen molar-refractivity contribution in [3.8, 4) is 0 Å². The van der Waals surface area contributed by atoms with Crippen molar-refractivity contribution in [1.29, 1.82) is 0 Å². The lowest BCUT2D eigenvalue weighted by Crippen LogP contribution is -2.06. The molecule has 1 heterocycles. The first kappa shape index (κ1) is 8.34. The zero-order chi connectivity index (χ0) is 8.59. The number of aryl methyl sites for hydroxylation is 1. The van der Waals surface area contributed by atoms with Crippen LogP contribution in [0.3, 0.4) is 0 Å². The van der Waals surface area contributed by atoms with Crippen LogP contribution >= 0.6 is 0 Å². The highest BCUT2D eigenvalue weighted by Gasteiger charge is 2.08. The molecular formula is C9H16N2. The molecule has 0 aliphatic heterocycles. The van der Waals surface area contributed by atoms with Crippen molar-refractivity contribution in [3.63, 3.8) is 0 Å². The molecule has 1 atom stereocenters. The Labute approximate surface area is 68.0 Å². The highest BCUT2D eigenvalue weighted by atomic mass is 15.0. The summed E-state index contributed by atoms with van der Waals surface area (Å²) in [5.41, 5.74) is 9.59. The number of hydrogen-bond donors (Lipinski definition) is 1. The van der Waals surface area contributed by atoms with Gasteiger partial charge >= 0.3 is 0 Å². The SMILES string of the molecule is Cc1cc(C(C)N)c(C)n1C. The van der Waals surface area contributed by atoms with Crippen molar-refractivity contribution in [2.45, 2.75) is 26.8 Å². The van der Waals surface area contributed by atoms with Crippen molar-refractivity contribution in [3.05, 3.63) is 23.0 Å². The van der Waals surface area contributed by atoms with Crippen molar-refractivity contribution >= 4 is 0 Å². The average Bonchev–Trinajstić information content (AvgIpc) is 2.17. The second-order valence-electron chi connectivity index (χ2n) is 3.17. The first-order chi connectivity index (χ1) is 5.04. The van der Waals surface area contributed by atoms with E-state index >= 15 is 0 Å². The molecular weight excluding hydrogens is 136 g/mol. The number of hydrogen-bond acceptors (Lipinski definition) is 1. The predicted molar refractivity (Wildman–Crippen MR) is 47.5 cm³/mol. The summed E-state index contributed by atoms with van der Waals surface area (Å²) in [5.74, 6) is 0.